The van der Waals surface area contributed by atoms with Gasteiger partial charge in [-0.3, -0.25) is 9.78 Å². The van der Waals surface area contributed by atoms with Gasteiger partial charge in [-0.1, -0.05) is 30.6 Å². The van der Waals surface area contributed by atoms with Crippen LogP contribution in [-0.4, -0.2) is 29.0 Å². The van der Waals surface area contributed by atoms with Gasteiger partial charge in [0, 0.05) is 31.4 Å². The van der Waals surface area contributed by atoms with Crippen molar-refractivity contribution in [3.05, 3.63) is 42.2 Å². The molecule has 29 heavy (non-hydrogen) atoms. The minimum Gasteiger partial charge on any atom is -0.457 e. The van der Waals surface area contributed by atoms with Gasteiger partial charge < -0.3 is 15.4 Å². The number of hydrogen-bond acceptors (Lipinski definition) is 6. The molecule has 2 N–H and O–H groups in total. The van der Waals surface area contributed by atoms with Gasteiger partial charge >= 0.3 is 0 Å². The number of hydrogen-bond donors (Lipinski definition) is 2. The Balaban J connectivity index is 1.47. The lowest BCUT2D eigenvalue weighted by Crippen LogP contribution is -2.27. The lowest BCUT2D eigenvalue weighted by Gasteiger charge is -2.28. The lowest BCUT2D eigenvalue weighted by molar-refractivity contribution is 0.0958. The number of nitrogens with one attached hydrogen (secondary N) is 2. The molecule has 152 valence electrons. The van der Waals surface area contributed by atoms with Crippen LogP contribution in [0.15, 0.2) is 36.5 Å². The molecule has 0 saturated heterocycles. The minimum atomic E-state index is -0.240. The second-order valence-corrected chi connectivity index (χ2v) is 8.57. The Morgan fingerprint density at radius 3 is 2.76 bits per heavy atom. The number of pyridine rings is 1. The standard InChI is InChI=1S/C22H26N4O2S/c1-14(15-6-4-3-5-7-15)25-22-26-18-9-8-16(13-20(18)29-22)28-17-10-11-24-19(12-17)21(27)23-2/h8-15H,3-7H2,1-2H3,(H,23,27)(H,25,26)/t14-/m0/s1. The van der Waals surface area contributed by atoms with Gasteiger partial charge in [0.25, 0.3) is 5.91 Å². The molecule has 6 nitrogen and oxygen atoms in total. The van der Waals surface area contributed by atoms with E-state index in [4.69, 9.17) is 9.72 Å². The molecule has 3 aromatic rings. The van der Waals surface area contributed by atoms with Crippen LogP contribution in [0, 0.1) is 5.92 Å². The molecule has 7 heteroatoms. The molecular weight excluding hydrogens is 384 g/mol. The number of nitrogens with zero attached hydrogens (tertiary/aromatic N) is 2. The highest BCUT2D eigenvalue weighted by atomic mass is 32.1. The molecule has 1 aliphatic rings. The number of carbonyl (C=O) groups excluding carboxylic acids is 1. The van der Waals surface area contributed by atoms with Crippen LogP contribution < -0.4 is 15.4 Å². The van der Waals surface area contributed by atoms with Crippen molar-refractivity contribution in [3.8, 4) is 11.5 Å². The zero-order valence-corrected chi connectivity index (χ0v) is 17.6. The summed E-state index contributed by atoms with van der Waals surface area (Å²) in [7, 11) is 1.58. The summed E-state index contributed by atoms with van der Waals surface area (Å²) in [6, 6.07) is 9.67. The monoisotopic (exact) mass is 410 g/mol. The first kappa shape index (κ1) is 19.6. The number of carbonyl (C=O) groups is 1. The Morgan fingerprint density at radius 2 is 1.97 bits per heavy atom. The van der Waals surface area contributed by atoms with E-state index in [1.807, 2.05) is 18.2 Å². The minimum absolute atomic E-state index is 0.240. The van der Waals surface area contributed by atoms with Crippen molar-refractivity contribution in [2.75, 3.05) is 12.4 Å². The molecule has 0 radical (unpaired) electrons. The van der Waals surface area contributed by atoms with E-state index in [1.165, 1.54) is 32.1 Å². The predicted octanol–water partition coefficient (Wildman–Crippen LogP) is 5.22. The predicted molar refractivity (Wildman–Crippen MR) is 117 cm³/mol. The Hall–Kier alpha value is -2.67. The van der Waals surface area contributed by atoms with Crippen molar-refractivity contribution in [2.24, 2.45) is 5.92 Å². The van der Waals surface area contributed by atoms with Crippen LogP contribution in [0.1, 0.15) is 49.5 Å². The van der Waals surface area contributed by atoms with Gasteiger partial charge in [-0.05, 0) is 43.9 Å². The maximum absolute atomic E-state index is 11.8. The topological polar surface area (TPSA) is 76.1 Å². The summed E-state index contributed by atoms with van der Waals surface area (Å²) < 4.78 is 7.02. The summed E-state index contributed by atoms with van der Waals surface area (Å²) in [6.45, 7) is 2.27. The molecule has 4 rings (SSSR count). The first-order valence-electron chi connectivity index (χ1n) is 10.2. The third kappa shape index (κ3) is 4.67. The number of fused-ring (bicyclic) bond motifs is 1. The summed E-state index contributed by atoms with van der Waals surface area (Å²) in [5.74, 6) is 1.78. The van der Waals surface area contributed by atoms with Gasteiger partial charge in [0.05, 0.1) is 10.2 Å². The van der Waals surface area contributed by atoms with Crippen LogP contribution in [0.25, 0.3) is 10.2 Å². The highest BCUT2D eigenvalue weighted by Crippen LogP contribution is 2.33. The molecule has 1 fully saturated rings. The molecule has 0 aliphatic heterocycles. The highest BCUT2D eigenvalue weighted by molar-refractivity contribution is 7.22. The van der Waals surface area contributed by atoms with Crippen molar-refractivity contribution >= 4 is 32.6 Å². The van der Waals surface area contributed by atoms with E-state index in [2.05, 4.69) is 22.5 Å². The van der Waals surface area contributed by atoms with E-state index >= 15 is 0 Å². The molecule has 0 spiro atoms. The zero-order valence-electron chi connectivity index (χ0n) is 16.8. The molecule has 1 aliphatic carbocycles. The van der Waals surface area contributed by atoms with E-state index in [1.54, 1.807) is 36.7 Å². The quantitative estimate of drug-likeness (QED) is 0.582. The normalized spacial score (nSPS) is 15.8. The Kier molecular flexibility index (Phi) is 5.94. The molecule has 0 bridgehead atoms. The number of benzene rings is 1. The van der Waals surface area contributed by atoms with Gasteiger partial charge in [-0.15, -0.1) is 0 Å². The fraction of sp³-hybridized carbons (Fsp3) is 0.409. The first-order chi connectivity index (χ1) is 14.1. The summed E-state index contributed by atoms with van der Waals surface area (Å²) in [4.78, 5) is 20.6. The molecule has 1 aromatic carbocycles. The summed E-state index contributed by atoms with van der Waals surface area (Å²) in [5.41, 5.74) is 1.29. The second-order valence-electron chi connectivity index (χ2n) is 7.54. The second kappa shape index (κ2) is 8.78. The number of ether oxygens (including phenoxy) is 1. The van der Waals surface area contributed by atoms with Crippen LogP contribution in [0.3, 0.4) is 0 Å². The van der Waals surface area contributed by atoms with Crippen LogP contribution in [-0.2, 0) is 0 Å². The number of aromatic nitrogens is 2. The van der Waals surface area contributed by atoms with Gasteiger partial charge in [-0.25, -0.2) is 4.98 Å². The van der Waals surface area contributed by atoms with Gasteiger partial charge in [0.2, 0.25) is 0 Å². The SMILES string of the molecule is CNC(=O)c1cc(Oc2ccc3nc(N[C@@H](C)C4CCCCC4)sc3c2)ccn1. The van der Waals surface area contributed by atoms with E-state index in [-0.39, 0.29) is 5.91 Å². The number of thiazole rings is 1. The lowest BCUT2D eigenvalue weighted by atomic mass is 9.85. The number of amides is 1. The summed E-state index contributed by atoms with van der Waals surface area (Å²) in [6.07, 6.45) is 8.23. The van der Waals surface area contributed by atoms with E-state index < -0.39 is 0 Å². The maximum atomic E-state index is 11.8. The van der Waals surface area contributed by atoms with Crippen LogP contribution >= 0.6 is 11.3 Å². The zero-order chi connectivity index (χ0) is 20.2. The Labute approximate surface area is 174 Å². The van der Waals surface area contributed by atoms with Crippen molar-refractivity contribution in [1.29, 1.82) is 0 Å². The van der Waals surface area contributed by atoms with Gasteiger partial charge in [-0.2, -0.15) is 0 Å². The van der Waals surface area contributed by atoms with Crippen molar-refractivity contribution in [2.45, 2.75) is 45.1 Å². The molecule has 1 atom stereocenters. The van der Waals surface area contributed by atoms with Gasteiger partial charge in [0.1, 0.15) is 17.2 Å². The average Bonchev–Trinajstić information content (AvgIpc) is 3.15. The summed E-state index contributed by atoms with van der Waals surface area (Å²) >= 11 is 1.65. The smallest absolute Gasteiger partial charge is 0.269 e. The van der Waals surface area contributed by atoms with Crippen LogP contribution in [0.4, 0.5) is 5.13 Å². The van der Waals surface area contributed by atoms with Crippen molar-refractivity contribution < 1.29 is 9.53 Å². The molecule has 0 unspecified atom stereocenters. The average molecular weight is 411 g/mol. The fourth-order valence-corrected chi connectivity index (χ4v) is 4.83. The molecule has 2 heterocycles. The van der Waals surface area contributed by atoms with Crippen LogP contribution in [0.2, 0.25) is 0 Å². The van der Waals surface area contributed by atoms with Crippen LogP contribution in [0.5, 0.6) is 11.5 Å². The molecule has 1 saturated carbocycles. The molecular formula is C22H26N4O2S. The Bertz CT molecular complexity index is 997. The van der Waals surface area contributed by atoms with Gasteiger partial charge in [0.15, 0.2) is 5.13 Å². The highest BCUT2D eigenvalue weighted by Gasteiger charge is 2.21. The molecule has 1 amide bonds. The largest absolute Gasteiger partial charge is 0.457 e. The summed E-state index contributed by atoms with van der Waals surface area (Å²) in [5, 5.41) is 7.14. The first-order valence-corrected chi connectivity index (χ1v) is 11.0. The van der Waals surface area contributed by atoms with E-state index in [0.29, 0.717) is 23.2 Å². The number of rotatable bonds is 6. The maximum Gasteiger partial charge on any atom is 0.269 e. The van der Waals surface area contributed by atoms with E-state index in [9.17, 15) is 4.79 Å². The number of anilines is 1. The Morgan fingerprint density at radius 1 is 1.17 bits per heavy atom. The fourth-order valence-electron chi connectivity index (χ4n) is 3.84. The molecule has 2 aromatic heterocycles. The van der Waals surface area contributed by atoms with Crippen molar-refractivity contribution in [3.63, 3.8) is 0 Å². The van der Waals surface area contributed by atoms with Crippen molar-refractivity contribution in [1.82, 2.24) is 15.3 Å². The third-order valence-corrected chi connectivity index (χ3v) is 6.44. The third-order valence-electron chi connectivity index (χ3n) is 5.49. The van der Waals surface area contributed by atoms with E-state index in [0.717, 1.165) is 21.3 Å².